The first-order chi connectivity index (χ1) is 12.1. The van der Waals surface area contributed by atoms with Gasteiger partial charge >= 0.3 is 0 Å². The number of hydrogen-bond donors (Lipinski definition) is 3. The van der Waals surface area contributed by atoms with Crippen molar-refractivity contribution in [3.8, 4) is 0 Å². The minimum Gasteiger partial charge on any atom is -0.380 e. The van der Waals surface area contributed by atoms with Gasteiger partial charge in [0.05, 0.1) is 13.2 Å². The quantitative estimate of drug-likeness (QED) is 0.199. The van der Waals surface area contributed by atoms with Crippen LogP contribution in [-0.2, 0) is 4.74 Å². The van der Waals surface area contributed by atoms with Crippen LogP contribution in [0.1, 0.15) is 37.6 Å². The maximum absolute atomic E-state index is 11.9. The summed E-state index contributed by atoms with van der Waals surface area (Å²) in [5.74, 6) is 1.33. The van der Waals surface area contributed by atoms with Crippen LogP contribution in [0.5, 0.6) is 0 Å². The highest BCUT2D eigenvalue weighted by molar-refractivity contribution is 14.0. The van der Waals surface area contributed by atoms with Gasteiger partial charge in [0, 0.05) is 31.8 Å². The Morgan fingerprint density at radius 3 is 2.42 bits per heavy atom. The van der Waals surface area contributed by atoms with Gasteiger partial charge in [-0.3, -0.25) is 9.79 Å². The highest BCUT2D eigenvalue weighted by Gasteiger charge is 2.03. The van der Waals surface area contributed by atoms with Gasteiger partial charge in [-0.2, -0.15) is 0 Å². The number of carbonyl (C=O) groups is 1. The number of amides is 1. The summed E-state index contributed by atoms with van der Waals surface area (Å²) in [6.45, 7) is 10.3. The number of benzene rings is 1. The molecule has 0 heterocycles. The lowest BCUT2D eigenvalue weighted by Crippen LogP contribution is -2.41. The summed E-state index contributed by atoms with van der Waals surface area (Å²) in [7, 11) is 0. The van der Waals surface area contributed by atoms with Crippen LogP contribution in [-0.4, -0.2) is 51.3 Å². The third-order valence-electron chi connectivity index (χ3n) is 3.43. The van der Waals surface area contributed by atoms with Crippen LogP contribution in [0.4, 0.5) is 0 Å². The Hall–Kier alpha value is -1.35. The fourth-order valence-electron chi connectivity index (χ4n) is 2.03. The van der Waals surface area contributed by atoms with Crippen molar-refractivity contribution in [3.05, 3.63) is 35.9 Å². The van der Waals surface area contributed by atoms with E-state index in [0.29, 0.717) is 37.7 Å². The molecule has 0 atom stereocenters. The molecule has 6 nitrogen and oxygen atoms in total. The van der Waals surface area contributed by atoms with Gasteiger partial charge in [0.15, 0.2) is 5.96 Å². The first kappa shape index (κ1) is 24.7. The van der Waals surface area contributed by atoms with Crippen LogP contribution in [0.2, 0.25) is 0 Å². The number of nitrogens with zero attached hydrogens (tertiary/aromatic N) is 1. The molecular formula is C19H33IN4O2. The molecule has 0 spiro atoms. The smallest absolute Gasteiger partial charge is 0.251 e. The second-order valence-electron chi connectivity index (χ2n) is 6.10. The molecular weight excluding hydrogens is 443 g/mol. The molecule has 0 aliphatic heterocycles. The maximum atomic E-state index is 11.9. The fourth-order valence-corrected chi connectivity index (χ4v) is 2.03. The van der Waals surface area contributed by atoms with Crippen molar-refractivity contribution in [2.24, 2.45) is 10.9 Å². The van der Waals surface area contributed by atoms with Crippen LogP contribution in [0.3, 0.4) is 0 Å². The molecule has 26 heavy (non-hydrogen) atoms. The van der Waals surface area contributed by atoms with Gasteiger partial charge in [-0.05, 0) is 31.4 Å². The number of aliphatic imine (C=N–C) groups is 1. The van der Waals surface area contributed by atoms with Crippen molar-refractivity contribution in [2.45, 2.75) is 27.2 Å². The number of guanidine groups is 1. The lowest BCUT2D eigenvalue weighted by molar-refractivity contribution is 0.0954. The lowest BCUT2D eigenvalue weighted by Gasteiger charge is -2.12. The zero-order valence-electron chi connectivity index (χ0n) is 16.1. The van der Waals surface area contributed by atoms with Crippen molar-refractivity contribution in [1.82, 2.24) is 16.0 Å². The van der Waals surface area contributed by atoms with E-state index in [2.05, 4.69) is 34.8 Å². The van der Waals surface area contributed by atoms with Crippen LogP contribution in [0.25, 0.3) is 0 Å². The van der Waals surface area contributed by atoms with E-state index >= 15 is 0 Å². The minimum atomic E-state index is -0.0668. The van der Waals surface area contributed by atoms with Crippen LogP contribution < -0.4 is 16.0 Å². The SMILES string of the molecule is CCNC(=NCCOCCC(C)C)NCCNC(=O)c1ccccc1.I. The Labute approximate surface area is 174 Å². The zero-order valence-corrected chi connectivity index (χ0v) is 18.4. The van der Waals surface area contributed by atoms with Gasteiger partial charge in [-0.1, -0.05) is 32.0 Å². The van der Waals surface area contributed by atoms with E-state index in [-0.39, 0.29) is 29.9 Å². The summed E-state index contributed by atoms with van der Waals surface area (Å²) in [5, 5.41) is 9.27. The molecule has 0 aliphatic carbocycles. The fraction of sp³-hybridized carbons (Fsp3) is 0.579. The van der Waals surface area contributed by atoms with Crippen molar-refractivity contribution < 1.29 is 9.53 Å². The zero-order chi connectivity index (χ0) is 18.3. The highest BCUT2D eigenvalue weighted by Crippen LogP contribution is 1.98. The molecule has 1 rings (SSSR count). The Balaban J connectivity index is 0.00000625. The Morgan fingerprint density at radius 2 is 1.77 bits per heavy atom. The number of halogens is 1. The van der Waals surface area contributed by atoms with Gasteiger partial charge in [0.1, 0.15) is 0 Å². The van der Waals surface area contributed by atoms with Gasteiger partial charge in [-0.15, -0.1) is 24.0 Å². The van der Waals surface area contributed by atoms with E-state index in [1.165, 1.54) is 0 Å². The molecule has 0 saturated heterocycles. The first-order valence-corrected chi connectivity index (χ1v) is 9.06. The predicted octanol–water partition coefficient (Wildman–Crippen LogP) is 2.65. The Bertz CT molecular complexity index is 510. The van der Waals surface area contributed by atoms with E-state index in [4.69, 9.17) is 4.74 Å². The molecule has 0 unspecified atom stereocenters. The minimum absolute atomic E-state index is 0. The molecule has 3 N–H and O–H groups in total. The van der Waals surface area contributed by atoms with E-state index in [1.807, 2.05) is 25.1 Å². The third-order valence-corrected chi connectivity index (χ3v) is 3.43. The van der Waals surface area contributed by atoms with Crippen molar-refractivity contribution >= 4 is 35.8 Å². The molecule has 0 bridgehead atoms. The molecule has 1 aromatic carbocycles. The number of rotatable bonds is 11. The average Bonchev–Trinajstić information content (AvgIpc) is 2.61. The summed E-state index contributed by atoms with van der Waals surface area (Å²) in [5.41, 5.74) is 0.668. The highest BCUT2D eigenvalue weighted by atomic mass is 127. The van der Waals surface area contributed by atoms with Crippen molar-refractivity contribution in [3.63, 3.8) is 0 Å². The summed E-state index contributed by atoms with van der Waals surface area (Å²) in [6.07, 6.45) is 1.07. The lowest BCUT2D eigenvalue weighted by atomic mass is 10.1. The molecule has 0 aliphatic rings. The molecule has 0 saturated carbocycles. The Kier molecular flexibility index (Phi) is 15.0. The normalized spacial score (nSPS) is 11.0. The largest absolute Gasteiger partial charge is 0.380 e. The van der Waals surface area contributed by atoms with Gasteiger partial charge in [0.25, 0.3) is 5.91 Å². The van der Waals surface area contributed by atoms with Crippen LogP contribution >= 0.6 is 24.0 Å². The summed E-state index contributed by atoms with van der Waals surface area (Å²) >= 11 is 0. The number of nitrogens with one attached hydrogen (secondary N) is 3. The van der Waals surface area contributed by atoms with E-state index in [0.717, 1.165) is 25.5 Å². The second-order valence-corrected chi connectivity index (χ2v) is 6.10. The van der Waals surface area contributed by atoms with E-state index in [1.54, 1.807) is 12.1 Å². The maximum Gasteiger partial charge on any atom is 0.251 e. The van der Waals surface area contributed by atoms with Gasteiger partial charge in [-0.25, -0.2) is 0 Å². The summed E-state index contributed by atoms with van der Waals surface area (Å²) < 4.78 is 5.56. The molecule has 1 amide bonds. The van der Waals surface area contributed by atoms with Crippen LogP contribution in [0.15, 0.2) is 35.3 Å². The molecule has 148 valence electrons. The van der Waals surface area contributed by atoms with Crippen molar-refractivity contribution in [1.29, 1.82) is 0 Å². The predicted molar refractivity (Wildman–Crippen MR) is 118 cm³/mol. The summed E-state index contributed by atoms with van der Waals surface area (Å²) in [6, 6.07) is 9.20. The molecule has 0 radical (unpaired) electrons. The Morgan fingerprint density at radius 1 is 1.08 bits per heavy atom. The standard InChI is InChI=1S/C19H32N4O2.HI/c1-4-20-19(23-13-15-25-14-10-16(2)3)22-12-11-21-18(24)17-8-6-5-7-9-17;/h5-9,16H,4,10-15H2,1-3H3,(H,21,24)(H2,20,22,23);1H. The second kappa shape index (κ2) is 15.9. The van der Waals surface area contributed by atoms with E-state index < -0.39 is 0 Å². The molecule has 0 aromatic heterocycles. The van der Waals surface area contributed by atoms with Gasteiger partial charge < -0.3 is 20.7 Å². The molecule has 1 aromatic rings. The first-order valence-electron chi connectivity index (χ1n) is 9.06. The topological polar surface area (TPSA) is 74.8 Å². The monoisotopic (exact) mass is 476 g/mol. The molecule has 7 heteroatoms. The number of hydrogen-bond acceptors (Lipinski definition) is 3. The van der Waals surface area contributed by atoms with Crippen LogP contribution in [0, 0.1) is 5.92 Å². The number of carbonyl (C=O) groups excluding carboxylic acids is 1. The summed E-state index contributed by atoms with van der Waals surface area (Å²) in [4.78, 5) is 16.4. The molecule has 0 fully saturated rings. The number of ether oxygens (including phenoxy) is 1. The van der Waals surface area contributed by atoms with E-state index in [9.17, 15) is 4.79 Å². The van der Waals surface area contributed by atoms with Gasteiger partial charge in [0.2, 0.25) is 0 Å². The third kappa shape index (κ3) is 12.1. The van der Waals surface area contributed by atoms with Crippen molar-refractivity contribution in [2.75, 3.05) is 39.4 Å². The average molecular weight is 476 g/mol.